The van der Waals surface area contributed by atoms with Crippen LogP contribution in [0, 0.1) is 5.82 Å². The van der Waals surface area contributed by atoms with Gasteiger partial charge in [-0.1, -0.05) is 0 Å². The Balaban J connectivity index is 1.61. The number of benzene rings is 2. The average Bonchev–Trinajstić information content (AvgIpc) is 2.66. The Hall–Kier alpha value is -3.41. The van der Waals surface area contributed by atoms with Gasteiger partial charge in [-0.2, -0.15) is 0 Å². The lowest BCUT2D eigenvalue weighted by atomic mass is 10.2. The predicted molar refractivity (Wildman–Crippen MR) is 99.5 cm³/mol. The van der Waals surface area contributed by atoms with Gasteiger partial charge in [-0.25, -0.2) is 9.37 Å². The quantitative estimate of drug-likeness (QED) is 0.680. The zero-order chi connectivity index (χ0) is 18.4. The lowest BCUT2D eigenvalue weighted by Gasteiger charge is -2.09. The van der Waals surface area contributed by atoms with Crippen molar-refractivity contribution in [2.45, 2.75) is 6.92 Å². The molecule has 0 saturated carbocycles. The van der Waals surface area contributed by atoms with E-state index in [9.17, 15) is 9.18 Å². The SMILES string of the molecule is CCOc1ccc(Nc2ccc(NC(=O)c3ccc(F)cc3)cn2)cc1. The summed E-state index contributed by atoms with van der Waals surface area (Å²) in [6, 6.07) is 16.4. The van der Waals surface area contributed by atoms with Crippen LogP contribution in [0.2, 0.25) is 0 Å². The molecule has 0 atom stereocenters. The summed E-state index contributed by atoms with van der Waals surface area (Å²) in [5.74, 6) is 0.755. The zero-order valence-corrected chi connectivity index (χ0v) is 14.2. The number of rotatable bonds is 6. The van der Waals surface area contributed by atoms with Gasteiger partial charge in [0.05, 0.1) is 18.5 Å². The van der Waals surface area contributed by atoms with Gasteiger partial charge in [0, 0.05) is 11.3 Å². The van der Waals surface area contributed by atoms with Crippen LogP contribution < -0.4 is 15.4 Å². The van der Waals surface area contributed by atoms with Crippen molar-refractivity contribution in [2.75, 3.05) is 17.2 Å². The number of ether oxygens (including phenoxy) is 1. The highest BCUT2D eigenvalue weighted by molar-refractivity contribution is 6.04. The molecule has 0 fully saturated rings. The number of halogens is 1. The second-order valence-electron chi connectivity index (χ2n) is 5.48. The molecule has 0 spiro atoms. The van der Waals surface area contributed by atoms with Crippen LogP contribution in [0.5, 0.6) is 5.75 Å². The van der Waals surface area contributed by atoms with Gasteiger partial charge in [-0.15, -0.1) is 0 Å². The number of anilines is 3. The molecule has 3 aromatic rings. The number of hydrogen-bond acceptors (Lipinski definition) is 4. The Morgan fingerprint density at radius 2 is 1.69 bits per heavy atom. The van der Waals surface area contributed by atoms with E-state index in [2.05, 4.69) is 15.6 Å². The summed E-state index contributed by atoms with van der Waals surface area (Å²) in [6.07, 6.45) is 1.55. The van der Waals surface area contributed by atoms with E-state index in [4.69, 9.17) is 4.74 Å². The van der Waals surface area contributed by atoms with Gasteiger partial charge in [-0.05, 0) is 67.6 Å². The first kappa shape index (κ1) is 17.4. The van der Waals surface area contributed by atoms with Crippen molar-refractivity contribution >= 4 is 23.1 Å². The minimum atomic E-state index is -0.382. The summed E-state index contributed by atoms with van der Waals surface area (Å²) in [4.78, 5) is 16.4. The van der Waals surface area contributed by atoms with E-state index in [-0.39, 0.29) is 11.7 Å². The maximum atomic E-state index is 12.9. The lowest BCUT2D eigenvalue weighted by Crippen LogP contribution is -2.12. The molecule has 1 heterocycles. The van der Waals surface area contributed by atoms with Gasteiger partial charge in [-0.3, -0.25) is 4.79 Å². The smallest absolute Gasteiger partial charge is 0.255 e. The summed E-state index contributed by atoms with van der Waals surface area (Å²) in [5, 5.41) is 5.89. The molecule has 0 saturated heterocycles. The molecule has 0 aliphatic rings. The van der Waals surface area contributed by atoms with E-state index in [1.807, 2.05) is 31.2 Å². The molecule has 0 radical (unpaired) electrons. The highest BCUT2D eigenvalue weighted by Crippen LogP contribution is 2.20. The molecule has 2 aromatic carbocycles. The number of aromatic nitrogens is 1. The molecule has 3 rings (SSSR count). The molecule has 5 nitrogen and oxygen atoms in total. The van der Waals surface area contributed by atoms with E-state index < -0.39 is 0 Å². The molecule has 0 aliphatic heterocycles. The van der Waals surface area contributed by atoms with Gasteiger partial charge in [0.2, 0.25) is 0 Å². The van der Waals surface area contributed by atoms with E-state index in [0.29, 0.717) is 23.7 Å². The number of hydrogen-bond donors (Lipinski definition) is 2. The number of carbonyl (C=O) groups excluding carboxylic acids is 1. The van der Waals surface area contributed by atoms with Gasteiger partial charge in [0.15, 0.2) is 0 Å². The molecule has 26 heavy (non-hydrogen) atoms. The second-order valence-corrected chi connectivity index (χ2v) is 5.48. The van der Waals surface area contributed by atoms with Crippen molar-refractivity contribution in [1.29, 1.82) is 0 Å². The molecule has 6 heteroatoms. The number of pyridine rings is 1. The van der Waals surface area contributed by atoms with Crippen LogP contribution in [0.15, 0.2) is 66.9 Å². The zero-order valence-electron chi connectivity index (χ0n) is 14.2. The topological polar surface area (TPSA) is 63.2 Å². The van der Waals surface area contributed by atoms with Gasteiger partial charge < -0.3 is 15.4 Å². The molecule has 0 bridgehead atoms. The van der Waals surface area contributed by atoms with Crippen LogP contribution in [0.25, 0.3) is 0 Å². The van der Waals surface area contributed by atoms with Crippen molar-refractivity contribution in [3.8, 4) is 5.75 Å². The molecule has 1 amide bonds. The van der Waals surface area contributed by atoms with Crippen LogP contribution in [-0.4, -0.2) is 17.5 Å². The van der Waals surface area contributed by atoms with Crippen molar-refractivity contribution in [3.63, 3.8) is 0 Å². The first-order valence-corrected chi connectivity index (χ1v) is 8.17. The van der Waals surface area contributed by atoms with E-state index in [0.717, 1.165) is 11.4 Å². The predicted octanol–water partition coefficient (Wildman–Crippen LogP) is 4.62. The van der Waals surface area contributed by atoms with Crippen molar-refractivity contribution in [1.82, 2.24) is 4.98 Å². The third-order valence-corrected chi connectivity index (χ3v) is 3.57. The first-order chi connectivity index (χ1) is 12.6. The van der Waals surface area contributed by atoms with Crippen molar-refractivity contribution < 1.29 is 13.9 Å². The molecular weight excluding hydrogens is 333 g/mol. The summed E-state index contributed by atoms with van der Waals surface area (Å²) in [5.41, 5.74) is 1.81. The fourth-order valence-corrected chi connectivity index (χ4v) is 2.30. The van der Waals surface area contributed by atoms with Crippen LogP contribution in [0.3, 0.4) is 0 Å². The molecule has 0 aliphatic carbocycles. The minimum Gasteiger partial charge on any atom is -0.494 e. The lowest BCUT2D eigenvalue weighted by molar-refractivity contribution is 0.102. The summed E-state index contributed by atoms with van der Waals surface area (Å²) in [6.45, 7) is 2.56. The molecule has 1 aromatic heterocycles. The fraction of sp³-hybridized carbons (Fsp3) is 0.100. The van der Waals surface area contributed by atoms with Crippen molar-refractivity contribution in [2.24, 2.45) is 0 Å². The van der Waals surface area contributed by atoms with E-state index in [1.54, 1.807) is 18.3 Å². The Morgan fingerprint density at radius 3 is 2.31 bits per heavy atom. The average molecular weight is 351 g/mol. The summed E-state index contributed by atoms with van der Waals surface area (Å²) < 4.78 is 18.3. The third-order valence-electron chi connectivity index (χ3n) is 3.57. The molecule has 132 valence electrons. The third kappa shape index (κ3) is 4.57. The fourth-order valence-electron chi connectivity index (χ4n) is 2.30. The van der Waals surface area contributed by atoms with Crippen LogP contribution in [-0.2, 0) is 0 Å². The Labute approximate surface area is 150 Å². The van der Waals surface area contributed by atoms with Gasteiger partial charge in [0.25, 0.3) is 5.91 Å². The second kappa shape index (κ2) is 8.11. The molecule has 0 unspecified atom stereocenters. The Bertz CT molecular complexity index is 863. The normalized spacial score (nSPS) is 10.2. The van der Waals surface area contributed by atoms with E-state index in [1.165, 1.54) is 24.3 Å². The number of carbonyl (C=O) groups is 1. The van der Waals surface area contributed by atoms with Crippen LogP contribution in [0.4, 0.5) is 21.6 Å². The van der Waals surface area contributed by atoms with Crippen LogP contribution >= 0.6 is 0 Å². The minimum absolute atomic E-state index is 0.320. The first-order valence-electron chi connectivity index (χ1n) is 8.17. The Kier molecular flexibility index (Phi) is 5.43. The standard InChI is InChI=1S/C20H18FN3O2/c1-2-26-18-10-7-16(8-11-18)23-19-12-9-17(13-22-19)24-20(25)14-3-5-15(21)6-4-14/h3-13H,2H2,1H3,(H,22,23)(H,24,25). The summed E-state index contributed by atoms with van der Waals surface area (Å²) in [7, 11) is 0. The van der Waals surface area contributed by atoms with E-state index >= 15 is 0 Å². The van der Waals surface area contributed by atoms with Gasteiger partial charge in [0.1, 0.15) is 17.4 Å². The largest absolute Gasteiger partial charge is 0.494 e. The maximum Gasteiger partial charge on any atom is 0.255 e. The Morgan fingerprint density at radius 1 is 1.00 bits per heavy atom. The monoisotopic (exact) mass is 351 g/mol. The highest BCUT2D eigenvalue weighted by atomic mass is 19.1. The van der Waals surface area contributed by atoms with Crippen LogP contribution in [0.1, 0.15) is 17.3 Å². The number of amides is 1. The van der Waals surface area contributed by atoms with Crippen molar-refractivity contribution in [3.05, 3.63) is 78.2 Å². The highest BCUT2D eigenvalue weighted by Gasteiger charge is 2.06. The molecular formula is C20H18FN3O2. The summed E-state index contributed by atoms with van der Waals surface area (Å²) >= 11 is 0. The van der Waals surface area contributed by atoms with Gasteiger partial charge >= 0.3 is 0 Å². The number of nitrogens with one attached hydrogen (secondary N) is 2. The molecule has 2 N–H and O–H groups in total. The number of nitrogens with zero attached hydrogens (tertiary/aromatic N) is 1. The maximum absolute atomic E-state index is 12.9.